The maximum Gasteiger partial charge on any atom is 0.263 e. The molecule has 0 saturated heterocycles. The van der Waals surface area contributed by atoms with E-state index in [0.29, 0.717) is 17.1 Å². The van der Waals surface area contributed by atoms with Gasteiger partial charge in [0.05, 0.1) is 23.3 Å². The van der Waals surface area contributed by atoms with Gasteiger partial charge in [0, 0.05) is 23.5 Å². The molecule has 2 heterocycles. The molecule has 0 aliphatic heterocycles. The summed E-state index contributed by atoms with van der Waals surface area (Å²) >= 11 is 1.19. The molecule has 8 nitrogen and oxygen atoms in total. The predicted octanol–water partition coefficient (Wildman–Crippen LogP) is 4.29. The molecule has 4 rings (SSSR count). The molecule has 158 valence electrons. The highest BCUT2D eigenvalue weighted by Gasteiger charge is 2.16. The van der Waals surface area contributed by atoms with E-state index in [9.17, 15) is 12.8 Å². The van der Waals surface area contributed by atoms with Crippen LogP contribution in [0.5, 0.6) is 5.75 Å². The van der Waals surface area contributed by atoms with E-state index in [0.717, 1.165) is 0 Å². The van der Waals surface area contributed by atoms with Crippen LogP contribution in [0.3, 0.4) is 0 Å². The van der Waals surface area contributed by atoms with Crippen molar-refractivity contribution in [2.45, 2.75) is 4.90 Å². The van der Waals surface area contributed by atoms with Crippen molar-refractivity contribution >= 4 is 38.1 Å². The Hall–Kier alpha value is -3.57. The van der Waals surface area contributed by atoms with Crippen LogP contribution >= 0.6 is 11.3 Å². The van der Waals surface area contributed by atoms with Gasteiger partial charge in [-0.25, -0.2) is 27.8 Å². The van der Waals surface area contributed by atoms with Crippen molar-refractivity contribution < 1.29 is 17.5 Å². The zero-order chi connectivity index (χ0) is 21.8. The quantitative estimate of drug-likeness (QED) is 0.426. The monoisotopic (exact) mass is 457 g/mol. The molecule has 0 atom stereocenters. The number of nitrogens with zero attached hydrogens (tertiary/aromatic N) is 3. The Morgan fingerprint density at radius 2 is 1.84 bits per heavy atom. The summed E-state index contributed by atoms with van der Waals surface area (Å²) in [6, 6.07) is 12.2. The van der Waals surface area contributed by atoms with Crippen LogP contribution in [-0.4, -0.2) is 30.5 Å². The lowest BCUT2D eigenvalue weighted by atomic mass is 10.1. The third-order valence-electron chi connectivity index (χ3n) is 4.18. The molecule has 0 aliphatic rings. The van der Waals surface area contributed by atoms with Gasteiger partial charge < -0.3 is 10.1 Å². The first-order valence-corrected chi connectivity index (χ1v) is 11.3. The van der Waals surface area contributed by atoms with Crippen molar-refractivity contribution in [1.82, 2.24) is 15.0 Å². The summed E-state index contributed by atoms with van der Waals surface area (Å²) in [7, 11) is -2.29. The number of hydrogen-bond donors (Lipinski definition) is 2. The Bertz CT molecular complexity index is 1300. The Morgan fingerprint density at radius 1 is 1.03 bits per heavy atom. The van der Waals surface area contributed by atoms with Gasteiger partial charge in [-0.05, 0) is 42.5 Å². The number of ether oxygens (including phenoxy) is 1. The number of halogens is 1. The Labute approximate surface area is 181 Å². The lowest BCUT2D eigenvalue weighted by molar-refractivity contribution is 0.413. The standard InChI is InChI=1S/C20H16FN5O3S2/c1-29-17-4-2-3-15(21)18(17)16-9-10-22-19(25-16)24-13-5-7-14(8-6-13)31(27,28)26-20-23-11-12-30-20/h2-12H,1H3,(H,23,26)(H,22,24,25). The molecule has 0 spiro atoms. The maximum atomic E-state index is 14.3. The molecule has 0 amide bonds. The van der Waals surface area contributed by atoms with Gasteiger partial charge in [-0.15, -0.1) is 11.3 Å². The van der Waals surface area contributed by atoms with Crippen molar-refractivity contribution in [2.75, 3.05) is 17.1 Å². The highest BCUT2D eigenvalue weighted by molar-refractivity contribution is 7.93. The average molecular weight is 458 g/mol. The molecule has 2 aromatic carbocycles. The fourth-order valence-electron chi connectivity index (χ4n) is 2.78. The van der Waals surface area contributed by atoms with E-state index in [2.05, 4.69) is 25.0 Å². The normalized spacial score (nSPS) is 11.2. The number of methoxy groups -OCH3 is 1. The summed E-state index contributed by atoms with van der Waals surface area (Å²) in [5.41, 5.74) is 1.13. The summed E-state index contributed by atoms with van der Waals surface area (Å²) in [4.78, 5) is 12.5. The molecule has 0 bridgehead atoms. The van der Waals surface area contributed by atoms with Gasteiger partial charge >= 0.3 is 0 Å². The van der Waals surface area contributed by atoms with Crippen LogP contribution in [0, 0.1) is 5.82 Å². The van der Waals surface area contributed by atoms with Crippen molar-refractivity contribution in [1.29, 1.82) is 0 Å². The Balaban J connectivity index is 1.55. The summed E-state index contributed by atoms with van der Waals surface area (Å²) in [6.45, 7) is 0. The highest BCUT2D eigenvalue weighted by Crippen LogP contribution is 2.31. The number of sulfonamides is 1. The molecule has 2 aromatic heterocycles. The Kier molecular flexibility index (Phi) is 5.78. The first-order chi connectivity index (χ1) is 15.0. The fourth-order valence-corrected chi connectivity index (χ4v) is 4.56. The second-order valence-electron chi connectivity index (χ2n) is 6.17. The highest BCUT2D eigenvalue weighted by atomic mass is 32.2. The van der Waals surface area contributed by atoms with E-state index in [1.165, 1.54) is 49.0 Å². The van der Waals surface area contributed by atoms with Crippen LogP contribution in [0.2, 0.25) is 0 Å². The summed E-state index contributed by atoms with van der Waals surface area (Å²) < 4.78 is 46.8. The van der Waals surface area contributed by atoms with Crippen LogP contribution in [0.1, 0.15) is 0 Å². The third-order valence-corrected chi connectivity index (χ3v) is 6.35. The number of benzene rings is 2. The Morgan fingerprint density at radius 3 is 2.55 bits per heavy atom. The second kappa shape index (κ2) is 8.66. The van der Waals surface area contributed by atoms with Crippen LogP contribution in [0.4, 0.5) is 21.2 Å². The van der Waals surface area contributed by atoms with E-state index in [4.69, 9.17) is 4.74 Å². The van der Waals surface area contributed by atoms with E-state index < -0.39 is 15.8 Å². The molecule has 0 aliphatic carbocycles. The van der Waals surface area contributed by atoms with Gasteiger partial charge in [0.2, 0.25) is 5.95 Å². The summed E-state index contributed by atoms with van der Waals surface area (Å²) in [6.07, 6.45) is 3.01. The molecule has 0 fully saturated rings. The van der Waals surface area contributed by atoms with Gasteiger partial charge in [0.25, 0.3) is 10.0 Å². The molecule has 11 heteroatoms. The van der Waals surface area contributed by atoms with Crippen molar-refractivity contribution in [3.63, 3.8) is 0 Å². The average Bonchev–Trinajstić information content (AvgIpc) is 3.26. The van der Waals surface area contributed by atoms with E-state index in [-0.39, 0.29) is 21.5 Å². The van der Waals surface area contributed by atoms with Crippen LogP contribution < -0.4 is 14.8 Å². The first kappa shape index (κ1) is 20.7. The van der Waals surface area contributed by atoms with E-state index >= 15 is 0 Å². The molecule has 4 aromatic rings. The minimum atomic E-state index is -3.74. The van der Waals surface area contributed by atoms with Crippen LogP contribution in [0.25, 0.3) is 11.3 Å². The lowest BCUT2D eigenvalue weighted by Crippen LogP contribution is -2.12. The van der Waals surface area contributed by atoms with Crippen LogP contribution in [0.15, 0.2) is 71.2 Å². The van der Waals surface area contributed by atoms with Crippen molar-refractivity contribution in [2.24, 2.45) is 0 Å². The molecule has 0 unspecified atom stereocenters. The van der Waals surface area contributed by atoms with Gasteiger partial charge in [-0.1, -0.05) is 6.07 Å². The topological polar surface area (TPSA) is 106 Å². The van der Waals surface area contributed by atoms with Gasteiger partial charge in [-0.2, -0.15) is 0 Å². The van der Waals surface area contributed by atoms with Gasteiger partial charge in [0.15, 0.2) is 5.13 Å². The zero-order valence-corrected chi connectivity index (χ0v) is 17.7. The molecular formula is C20H16FN5O3S2. The fraction of sp³-hybridized carbons (Fsp3) is 0.0500. The maximum absolute atomic E-state index is 14.3. The smallest absolute Gasteiger partial charge is 0.263 e. The lowest BCUT2D eigenvalue weighted by Gasteiger charge is -2.11. The van der Waals surface area contributed by atoms with Gasteiger partial charge in [0.1, 0.15) is 11.6 Å². The number of hydrogen-bond acceptors (Lipinski definition) is 8. The number of anilines is 3. The van der Waals surface area contributed by atoms with E-state index in [1.807, 2.05) is 0 Å². The molecular weight excluding hydrogens is 441 g/mol. The SMILES string of the molecule is COc1cccc(F)c1-c1ccnc(Nc2ccc(S(=O)(=O)Nc3nccs3)cc2)n1. The molecule has 31 heavy (non-hydrogen) atoms. The second-order valence-corrected chi connectivity index (χ2v) is 8.75. The van der Waals surface area contributed by atoms with E-state index in [1.54, 1.807) is 35.7 Å². The largest absolute Gasteiger partial charge is 0.496 e. The van der Waals surface area contributed by atoms with Crippen LogP contribution in [-0.2, 0) is 10.0 Å². The summed E-state index contributed by atoms with van der Waals surface area (Å²) in [5.74, 6) is 0.109. The predicted molar refractivity (Wildman–Crippen MR) is 117 cm³/mol. The number of rotatable bonds is 7. The minimum Gasteiger partial charge on any atom is -0.496 e. The first-order valence-electron chi connectivity index (χ1n) is 8.91. The van der Waals surface area contributed by atoms with Gasteiger partial charge in [-0.3, -0.25) is 4.72 Å². The molecule has 0 radical (unpaired) electrons. The molecule has 0 saturated carbocycles. The van der Waals surface area contributed by atoms with Crippen molar-refractivity contribution in [3.8, 4) is 17.0 Å². The number of aromatic nitrogens is 3. The summed E-state index contributed by atoms with van der Waals surface area (Å²) in [5, 5.41) is 4.95. The third kappa shape index (κ3) is 4.62. The molecule has 2 N–H and O–H groups in total. The number of nitrogens with one attached hydrogen (secondary N) is 2. The minimum absolute atomic E-state index is 0.0824. The zero-order valence-electron chi connectivity index (χ0n) is 16.1. The van der Waals surface area contributed by atoms with Crippen molar-refractivity contribution in [3.05, 3.63) is 72.1 Å². The number of thiazole rings is 1.